The Hall–Kier alpha value is -3.21. The topological polar surface area (TPSA) is 63.6 Å². The van der Waals surface area contributed by atoms with Gasteiger partial charge in [0.25, 0.3) is 0 Å². The first-order chi connectivity index (χ1) is 12.7. The first-order valence-corrected chi connectivity index (χ1v) is 8.81. The highest BCUT2D eigenvalue weighted by molar-refractivity contribution is 5.98. The molecule has 0 radical (unpaired) electrons. The molecule has 1 atom stereocenters. The molecule has 0 spiro atoms. The fourth-order valence-corrected chi connectivity index (χ4v) is 3.82. The predicted octanol–water partition coefficient (Wildman–Crippen LogP) is 3.97. The van der Waals surface area contributed by atoms with E-state index in [-0.39, 0.29) is 11.7 Å². The Bertz CT molecular complexity index is 1100. The zero-order valence-electron chi connectivity index (χ0n) is 14.4. The first-order valence-electron chi connectivity index (χ1n) is 8.81. The number of aryl methyl sites for hydroxylation is 1. The van der Waals surface area contributed by atoms with E-state index in [2.05, 4.69) is 46.3 Å². The van der Waals surface area contributed by atoms with Crippen LogP contribution in [-0.4, -0.2) is 25.5 Å². The molecule has 5 heteroatoms. The molecule has 1 aliphatic rings. The average molecular weight is 342 g/mol. The van der Waals surface area contributed by atoms with Gasteiger partial charge in [0.05, 0.1) is 28.5 Å². The summed E-state index contributed by atoms with van der Waals surface area (Å²) in [7, 11) is 0. The van der Waals surface area contributed by atoms with Crippen LogP contribution >= 0.6 is 0 Å². The van der Waals surface area contributed by atoms with Crippen LogP contribution in [0.3, 0.4) is 0 Å². The monoisotopic (exact) mass is 342 g/mol. The second-order valence-electron chi connectivity index (χ2n) is 6.94. The van der Waals surface area contributed by atoms with Crippen molar-refractivity contribution in [3.8, 4) is 5.95 Å². The van der Waals surface area contributed by atoms with E-state index >= 15 is 0 Å². The van der Waals surface area contributed by atoms with Gasteiger partial charge in [0.2, 0.25) is 5.95 Å². The highest BCUT2D eigenvalue weighted by atomic mass is 16.1. The van der Waals surface area contributed by atoms with E-state index in [9.17, 15) is 4.79 Å². The van der Waals surface area contributed by atoms with E-state index in [1.54, 1.807) is 10.9 Å². The first kappa shape index (κ1) is 15.1. The molecule has 2 aromatic carbocycles. The van der Waals surface area contributed by atoms with Crippen molar-refractivity contribution in [3.63, 3.8) is 0 Å². The maximum Gasteiger partial charge on any atom is 0.229 e. The predicted molar refractivity (Wildman–Crippen MR) is 99.8 cm³/mol. The number of para-hydroxylation sites is 2. The van der Waals surface area contributed by atoms with Crippen LogP contribution in [0.5, 0.6) is 0 Å². The van der Waals surface area contributed by atoms with Crippen LogP contribution in [0, 0.1) is 6.92 Å². The molecule has 2 aromatic heterocycles. The summed E-state index contributed by atoms with van der Waals surface area (Å²) >= 11 is 0. The highest BCUT2D eigenvalue weighted by Crippen LogP contribution is 2.33. The van der Waals surface area contributed by atoms with E-state index in [4.69, 9.17) is 0 Å². The second kappa shape index (κ2) is 5.66. The third-order valence-electron chi connectivity index (χ3n) is 5.13. The number of nitrogens with one attached hydrogen (secondary N) is 1. The molecule has 5 rings (SSSR count). The van der Waals surface area contributed by atoms with Gasteiger partial charge >= 0.3 is 0 Å². The van der Waals surface area contributed by atoms with Crippen LogP contribution < -0.4 is 0 Å². The molecule has 1 aliphatic carbocycles. The molecule has 0 fully saturated rings. The lowest BCUT2D eigenvalue weighted by Gasteiger charge is -2.22. The minimum Gasteiger partial charge on any atom is -0.322 e. The number of benzene rings is 2. The van der Waals surface area contributed by atoms with Gasteiger partial charge in [-0.3, -0.25) is 4.79 Å². The number of fused-ring (bicyclic) bond motifs is 2. The minimum atomic E-state index is 0.153. The molecule has 1 unspecified atom stereocenters. The Balaban J connectivity index is 1.59. The number of ketones is 1. The Labute approximate surface area is 150 Å². The maximum absolute atomic E-state index is 12.7. The molecule has 2 heterocycles. The van der Waals surface area contributed by atoms with Gasteiger partial charge in [0.15, 0.2) is 5.78 Å². The zero-order chi connectivity index (χ0) is 17.7. The van der Waals surface area contributed by atoms with Crippen LogP contribution in [0.4, 0.5) is 0 Å². The van der Waals surface area contributed by atoms with Crippen LogP contribution in [0.1, 0.15) is 39.5 Å². The largest absolute Gasteiger partial charge is 0.322 e. The molecule has 0 aliphatic heterocycles. The highest BCUT2D eigenvalue weighted by Gasteiger charge is 2.30. The van der Waals surface area contributed by atoms with Gasteiger partial charge < -0.3 is 4.98 Å². The molecule has 0 saturated carbocycles. The summed E-state index contributed by atoms with van der Waals surface area (Å²) in [5, 5.41) is 4.46. The van der Waals surface area contributed by atoms with Gasteiger partial charge in [0, 0.05) is 6.42 Å². The van der Waals surface area contributed by atoms with Crippen LogP contribution in [0.25, 0.3) is 17.0 Å². The van der Waals surface area contributed by atoms with E-state index in [0.717, 1.165) is 23.1 Å². The van der Waals surface area contributed by atoms with Gasteiger partial charge in [-0.05, 0) is 37.0 Å². The quantitative estimate of drug-likeness (QED) is 0.599. The van der Waals surface area contributed by atoms with Crippen molar-refractivity contribution in [1.82, 2.24) is 19.7 Å². The maximum atomic E-state index is 12.7. The number of H-pyrrole nitrogens is 1. The number of rotatable bonds is 2. The summed E-state index contributed by atoms with van der Waals surface area (Å²) < 4.78 is 1.79. The average Bonchev–Trinajstić information content (AvgIpc) is 3.25. The number of aromatic amines is 1. The Kier molecular flexibility index (Phi) is 3.28. The second-order valence-corrected chi connectivity index (χ2v) is 6.94. The zero-order valence-corrected chi connectivity index (χ0v) is 14.4. The van der Waals surface area contributed by atoms with E-state index in [1.807, 2.05) is 24.3 Å². The van der Waals surface area contributed by atoms with Crippen molar-refractivity contribution >= 4 is 16.8 Å². The minimum absolute atomic E-state index is 0.153. The van der Waals surface area contributed by atoms with E-state index in [1.165, 1.54) is 11.1 Å². The van der Waals surface area contributed by atoms with Crippen molar-refractivity contribution < 1.29 is 4.79 Å². The molecule has 5 nitrogen and oxygen atoms in total. The van der Waals surface area contributed by atoms with Crippen LogP contribution in [0.15, 0.2) is 54.7 Å². The van der Waals surface area contributed by atoms with Crippen molar-refractivity contribution in [2.75, 3.05) is 0 Å². The number of carbonyl (C=O) groups is 1. The Morgan fingerprint density at radius 1 is 1.12 bits per heavy atom. The fraction of sp³-hybridized carbons (Fsp3) is 0.190. The van der Waals surface area contributed by atoms with Crippen molar-refractivity contribution in [2.24, 2.45) is 0 Å². The normalized spacial score (nSPS) is 16.8. The lowest BCUT2D eigenvalue weighted by atomic mass is 9.82. The van der Waals surface area contributed by atoms with Crippen molar-refractivity contribution in [3.05, 3.63) is 77.1 Å². The van der Waals surface area contributed by atoms with Crippen LogP contribution in [0.2, 0.25) is 0 Å². The van der Waals surface area contributed by atoms with Gasteiger partial charge in [-0.25, -0.2) is 9.67 Å². The molecule has 26 heavy (non-hydrogen) atoms. The lowest BCUT2D eigenvalue weighted by molar-refractivity contribution is 0.0963. The van der Waals surface area contributed by atoms with Gasteiger partial charge in [-0.15, -0.1) is 0 Å². The smallest absolute Gasteiger partial charge is 0.229 e. The molecular formula is C21H18N4O. The lowest BCUT2D eigenvalue weighted by Crippen LogP contribution is -2.20. The number of hydrogen-bond donors (Lipinski definition) is 1. The molecular weight excluding hydrogens is 324 g/mol. The summed E-state index contributed by atoms with van der Waals surface area (Å²) in [6.45, 7) is 2.08. The van der Waals surface area contributed by atoms with Crippen LogP contribution in [-0.2, 0) is 6.42 Å². The molecule has 4 aromatic rings. The third-order valence-corrected chi connectivity index (χ3v) is 5.13. The number of aromatic nitrogens is 4. The molecule has 128 valence electrons. The standard InChI is InChI=1S/C21H18N4O/c1-13-5-4-6-14(9-13)15-10-19-16(20(26)11-15)12-22-25(19)21-23-17-7-2-3-8-18(17)24-21/h2-9,12,15H,10-11H2,1H3,(H,23,24). The summed E-state index contributed by atoms with van der Waals surface area (Å²) in [6, 6.07) is 16.3. The van der Waals surface area contributed by atoms with Gasteiger partial charge in [0.1, 0.15) is 0 Å². The fourth-order valence-electron chi connectivity index (χ4n) is 3.82. The number of carbonyl (C=O) groups excluding carboxylic acids is 1. The number of hydrogen-bond acceptors (Lipinski definition) is 3. The summed E-state index contributed by atoms with van der Waals surface area (Å²) in [4.78, 5) is 20.6. The van der Waals surface area contributed by atoms with Crippen molar-refractivity contribution in [2.45, 2.75) is 25.7 Å². The van der Waals surface area contributed by atoms with Gasteiger partial charge in [-0.1, -0.05) is 42.0 Å². The summed E-state index contributed by atoms with van der Waals surface area (Å²) in [6.07, 6.45) is 2.99. The van der Waals surface area contributed by atoms with E-state index < -0.39 is 0 Å². The number of imidazole rings is 1. The molecule has 0 bridgehead atoms. The van der Waals surface area contributed by atoms with E-state index in [0.29, 0.717) is 17.9 Å². The van der Waals surface area contributed by atoms with Crippen molar-refractivity contribution in [1.29, 1.82) is 0 Å². The molecule has 1 N–H and O–H groups in total. The number of Topliss-reactive ketones (excluding diaryl/α,β-unsaturated/α-hetero) is 1. The third kappa shape index (κ3) is 2.36. The molecule has 0 saturated heterocycles. The Morgan fingerprint density at radius 3 is 2.85 bits per heavy atom. The number of nitrogens with zero attached hydrogens (tertiary/aromatic N) is 3. The SMILES string of the molecule is Cc1cccc(C2CC(=O)c3cnn(-c4nc5ccccc5[nH]4)c3C2)c1. The molecule has 0 amide bonds. The summed E-state index contributed by atoms with van der Waals surface area (Å²) in [5.41, 5.74) is 5.93. The van der Waals surface area contributed by atoms with Gasteiger partial charge in [-0.2, -0.15) is 5.10 Å². The Morgan fingerprint density at radius 2 is 2.00 bits per heavy atom. The summed E-state index contributed by atoms with van der Waals surface area (Å²) in [5.74, 6) is 0.986.